The Morgan fingerprint density at radius 3 is 2.65 bits per heavy atom. The summed E-state index contributed by atoms with van der Waals surface area (Å²) < 4.78 is 3.15. The number of aromatic nitrogens is 2. The smallest absolute Gasteiger partial charge is 0.225 e. The van der Waals surface area contributed by atoms with E-state index in [9.17, 15) is 4.79 Å². The van der Waals surface area contributed by atoms with E-state index in [-0.39, 0.29) is 5.91 Å². The van der Waals surface area contributed by atoms with Crippen molar-refractivity contribution in [1.82, 2.24) is 9.55 Å². The topological polar surface area (TPSA) is 46.9 Å². The summed E-state index contributed by atoms with van der Waals surface area (Å²) in [6.45, 7) is 2.77. The molecule has 1 amide bonds. The van der Waals surface area contributed by atoms with Crippen LogP contribution < -0.4 is 5.32 Å². The Balaban J connectivity index is 1.47. The zero-order chi connectivity index (χ0) is 18.4. The highest BCUT2D eigenvalue weighted by atomic mass is 79.9. The Morgan fingerprint density at radius 2 is 1.96 bits per heavy atom. The van der Waals surface area contributed by atoms with Crippen molar-refractivity contribution in [3.8, 4) is 0 Å². The van der Waals surface area contributed by atoms with Gasteiger partial charge in [-0.2, -0.15) is 0 Å². The molecule has 1 N–H and O–H groups in total. The second-order valence-corrected chi connectivity index (χ2v) is 7.87. The molecule has 26 heavy (non-hydrogen) atoms. The van der Waals surface area contributed by atoms with E-state index < -0.39 is 0 Å². The van der Waals surface area contributed by atoms with E-state index in [1.54, 1.807) is 18.0 Å². The first-order valence-corrected chi connectivity index (χ1v) is 10.1. The quantitative estimate of drug-likeness (QED) is 0.529. The molecule has 1 aromatic heterocycles. The van der Waals surface area contributed by atoms with Crippen LogP contribution in [0.5, 0.6) is 0 Å². The number of imidazole rings is 1. The van der Waals surface area contributed by atoms with Gasteiger partial charge in [0, 0.05) is 46.2 Å². The van der Waals surface area contributed by atoms with Gasteiger partial charge in [0.2, 0.25) is 5.91 Å². The number of hydrogen-bond donors (Lipinski definition) is 1. The molecular weight excluding hydrogens is 410 g/mol. The number of rotatable bonds is 7. The lowest BCUT2D eigenvalue weighted by molar-refractivity contribution is -0.115. The Labute approximate surface area is 166 Å². The average molecular weight is 430 g/mol. The summed E-state index contributed by atoms with van der Waals surface area (Å²) in [7, 11) is 0. The van der Waals surface area contributed by atoms with Crippen molar-refractivity contribution in [1.29, 1.82) is 0 Å². The second-order valence-electron chi connectivity index (χ2n) is 5.88. The monoisotopic (exact) mass is 429 g/mol. The van der Waals surface area contributed by atoms with Crippen LogP contribution in [0.1, 0.15) is 17.8 Å². The second kappa shape index (κ2) is 9.05. The minimum Gasteiger partial charge on any atom is -0.331 e. The number of benzene rings is 2. The molecule has 0 bridgehead atoms. The lowest BCUT2D eigenvalue weighted by atomic mass is 10.2. The average Bonchev–Trinajstić information content (AvgIpc) is 3.03. The molecule has 0 aliphatic heterocycles. The van der Waals surface area contributed by atoms with Gasteiger partial charge in [0.1, 0.15) is 5.82 Å². The fraction of sp³-hybridized carbons (Fsp3) is 0.200. The zero-order valence-electron chi connectivity index (χ0n) is 14.5. The molecule has 0 aliphatic carbocycles. The highest BCUT2D eigenvalue weighted by Crippen LogP contribution is 2.27. The molecule has 0 saturated carbocycles. The van der Waals surface area contributed by atoms with Gasteiger partial charge in [-0.3, -0.25) is 4.79 Å². The SMILES string of the molecule is Cc1nccn1Cc1ccc(NC(=O)CCSc2ccccc2Br)cc1. The maximum absolute atomic E-state index is 12.1. The predicted molar refractivity (Wildman–Crippen MR) is 111 cm³/mol. The number of amides is 1. The lowest BCUT2D eigenvalue weighted by Crippen LogP contribution is -2.12. The van der Waals surface area contributed by atoms with Gasteiger partial charge in [-0.15, -0.1) is 11.8 Å². The van der Waals surface area contributed by atoms with Crippen molar-refractivity contribution in [3.05, 3.63) is 76.8 Å². The third-order valence-electron chi connectivity index (χ3n) is 3.94. The van der Waals surface area contributed by atoms with E-state index in [0.717, 1.165) is 33.2 Å². The van der Waals surface area contributed by atoms with E-state index in [1.807, 2.05) is 61.7 Å². The summed E-state index contributed by atoms with van der Waals surface area (Å²) in [4.78, 5) is 17.5. The number of nitrogens with zero attached hydrogens (tertiary/aromatic N) is 2. The van der Waals surface area contributed by atoms with Crippen LogP contribution in [-0.2, 0) is 11.3 Å². The first kappa shape index (κ1) is 18.7. The normalized spacial score (nSPS) is 10.7. The first-order valence-electron chi connectivity index (χ1n) is 8.35. The Bertz CT molecular complexity index is 877. The number of carbonyl (C=O) groups is 1. The van der Waals surface area contributed by atoms with Crippen LogP contribution >= 0.6 is 27.7 Å². The number of thioether (sulfide) groups is 1. The van der Waals surface area contributed by atoms with Gasteiger partial charge in [0.05, 0.1) is 0 Å². The number of carbonyl (C=O) groups excluding carboxylic acids is 1. The fourth-order valence-corrected chi connectivity index (χ4v) is 4.02. The van der Waals surface area contributed by atoms with Crippen molar-refractivity contribution in [2.45, 2.75) is 24.8 Å². The number of halogens is 1. The molecule has 1 heterocycles. The Kier molecular flexibility index (Phi) is 6.52. The first-order chi connectivity index (χ1) is 12.6. The van der Waals surface area contributed by atoms with Crippen molar-refractivity contribution in [3.63, 3.8) is 0 Å². The molecule has 3 rings (SSSR count). The van der Waals surface area contributed by atoms with E-state index in [1.165, 1.54) is 5.56 Å². The molecule has 0 fully saturated rings. The molecule has 6 heteroatoms. The van der Waals surface area contributed by atoms with Crippen LogP contribution in [0.3, 0.4) is 0 Å². The Hall–Kier alpha value is -2.05. The molecule has 0 radical (unpaired) electrons. The molecule has 0 unspecified atom stereocenters. The van der Waals surface area contributed by atoms with Gasteiger partial charge in [-0.1, -0.05) is 24.3 Å². The van der Waals surface area contributed by atoms with Crippen molar-refractivity contribution in [2.24, 2.45) is 0 Å². The molecule has 3 aromatic rings. The van der Waals surface area contributed by atoms with Crippen LogP contribution in [0.2, 0.25) is 0 Å². The molecule has 0 spiro atoms. The van der Waals surface area contributed by atoms with Crippen LogP contribution in [0, 0.1) is 6.92 Å². The summed E-state index contributed by atoms with van der Waals surface area (Å²) in [5.41, 5.74) is 2.00. The third kappa shape index (κ3) is 5.22. The maximum atomic E-state index is 12.1. The van der Waals surface area contributed by atoms with Crippen molar-refractivity contribution >= 4 is 39.3 Å². The molecule has 2 aromatic carbocycles. The molecular formula is C20H20BrN3OS. The number of aryl methyl sites for hydroxylation is 1. The molecule has 134 valence electrons. The zero-order valence-corrected chi connectivity index (χ0v) is 16.9. The van der Waals surface area contributed by atoms with E-state index in [4.69, 9.17) is 0 Å². The maximum Gasteiger partial charge on any atom is 0.225 e. The Morgan fingerprint density at radius 1 is 1.19 bits per heavy atom. The van der Waals surface area contributed by atoms with E-state index in [0.29, 0.717) is 6.42 Å². The van der Waals surface area contributed by atoms with Gasteiger partial charge in [-0.25, -0.2) is 4.98 Å². The van der Waals surface area contributed by atoms with Gasteiger partial charge < -0.3 is 9.88 Å². The summed E-state index contributed by atoms with van der Waals surface area (Å²) >= 11 is 5.20. The predicted octanol–water partition coefficient (Wildman–Crippen LogP) is 5.12. The highest BCUT2D eigenvalue weighted by Gasteiger charge is 2.05. The molecule has 0 aliphatic rings. The lowest BCUT2D eigenvalue weighted by Gasteiger charge is -2.08. The van der Waals surface area contributed by atoms with Crippen LogP contribution in [-0.4, -0.2) is 21.2 Å². The van der Waals surface area contributed by atoms with Crippen molar-refractivity contribution < 1.29 is 4.79 Å². The minimum absolute atomic E-state index is 0.0303. The number of nitrogens with one attached hydrogen (secondary N) is 1. The van der Waals surface area contributed by atoms with Crippen LogP contribution in [0.15, 0.2) is 70.3 Å². The van der Waals surface area contributed by atoms with Crippen molar-refractivity contribution in [2.75, 3.05) is 11.1 Å². The standard InChI is InChI=1S/C20H20BrN3OS/c1-15-22-11-12-24(15)14-16-6-8-17(9-7-16)23-20(25)10-13-26-19-5-3-2-4-18(19)21/h2-9,11-12H,10,13-14H2,1H3,(H,23,25). The summed E-state index contributed by atoms with van der Waals surface area (Å²) in [6.07, 6.45) is 4.24. The van der Waals surface area contributed by atoms with E-state index in [2.05, 4.69) is 30.8 Å². The minimum atomic E-state index is 0.0303. The highest BCUT2D eigenvalue weighted by molar-refractivity contribution is 9.10. The van der Waals surface area contributed by atoms with Crippen LogP contribution in [0.4, 0.5) is 5.69 Å². The largest absolute Gasteiger partial charge is 0.331 e. The molecule has 4 nitrogen and oxygen atoms in total. The number of hydrogen-bond acceptors (Lipinski definition) is 3. The van der Waals surface area contributed by atoms with Gasteiger partial charge >= 0.3 is 0 Å². The van der Waals surface area contributed by atoms with E-state index >= 15 is 0 Å². The summed E-state index contributed by atoms with van der Waals surface area (Å²) in [6, 6.07) is 16.0. The van der Waals surface area contributed by atoms with Gasteiger partial charge in [0.25, 0.3) is 0 Å². The summed E-state index contributed by atoms with van der Waals surface area (Å²) in [5, 5.41) is 2.96. The van der Waals surface area contributed by atoms with Crippen LogP contribution in [0.25, 0.3) is 0 Å². The molecule has 0 saturated heterocycles. The fourth-order valence-electron chi connectivity index (χ4n) is 2.50. The third-order valence-corrected chi connectivity index (χ3v) is 5.97. The number of anilines is 1. The molecule has 0 atom stereocenters. The van der Waals surface area contributed by atoms with Gasteiger partial charge in [0.15, 0.2) is 0 Å². The summed E-state index contributed by atoms with van der Waals surface area (Å²) in [5.74, 6) is 1.76. The van der Waals surface area contributed by atoms with Gasteiger partial charge in [-0.05, 0) is 52.7 Å².